The average molecular weight is 351 g/mol. The summed E-state index contributed by atoms with van der Waals surface area (Å²) in [5.41, 5.74) is 7.96. The average Bonchev–Trinajstić information content (AvgIpc) is 2.91. The van der Waals surface area contributed by atoms with Gasteiger partial charge in [-0.2, -0.15) is 5.10 Å². The Morgan fingerprint density at radius 2 is 2.10 bits per heavy atom. The molecule has 112 valence electrons. The van der Waals surface area contributed by atoms with Crippen molar-refractivity contribution in [2.24, 2.45) is 5.73 Å². The molecule has 0 aliphatic carbocycles. The molecule has 6 heteroatoms. The first-order valence-corrected chi connectivity index (χ1v) is 7.69. The van der Waals surface area contributed by atoms with Crippen molar-refractivity contribution in [1.82, 2.24) is 15.1 Å². The Labute approximate surface area is 132 Å². The molecule has 0 saturated carbocycles. The Bertz CT molecular complexity index is 621. The first kappa shape index (κ1) is 15.7. The molecule has 1 aromatic carbocycles. The van der Waals surface area contributed by atoms with Gasteiger partial charge in [-0.25, -0.2) is 4.68 Å². The molecule has 1 aromatic heterocycles. The molecule has 0 unspecified atom stereocenters. The lowest BCUT2D eigenvalue weighted by atomic mass is 10.1. The number of carbonyl (C=O) groups is 1. The number of nitrogens with one attached hydrogen (secondary N) is 1. The molecule has 0 fully saturated rings. The van der Waals surface area contributed by atoms with Crippen molar-refractivity contribution >= 4 is 21.8 Å². The van der Waals surface area contributed by atoms with Gasteiger partial charge in [0.25, 0.3) is 5.91 Å². The standard InChI is InChI=1S/C15H19BrN4O/c1-3-14-13(15(21)19-10(2)8-17)9-18-20(14)12-6-4-11(16)5-7-12/h4-7,9-10H,3,8,17H2,1-2H3,(H,19,21)/t10-/m0/s1. The van der Waals surface area contributed by atoms with Gasteiger partial charge in [-0.05, 0) is 37.6 Å². The fraction of sp³-hybridized carbons (Fsp3) is 0.333. The minimum atomic E-state index is -0.131. The van der Waals surface area contributed by atoms with Crippen molar-refractivity contribution in [2.45, 2.75) is 26.3 Å². The Morgan fingerprint density at radius 3 is 2.67 bits per heavy atom. The number of hydrogen-bond acceptors (Lipinski definition) is 3. The number of nitrogens with two attached hydrogens (primary N) is 1. The molecule has 0 spiro atoms. The Balaban J connectivity index is 2.34. The van der Waals surface area contributed by atoms with Crippen LogP contribution >= 0.6 is 15.9 Å². The van der Waals surface area contributed by atoms with Crippen molar-refractivity contribution in [2.75, 3.05) is 6.54 Å². The van der Waals surface area contributed by atoms with E-state index in [9.17, 15) is 4.79 Å². The first-order chi connectivity index (χ1) is 10.1. The van der Waals surface area contributed by atoms with E-state index < -0.39 is 0 Å². The van der Waals surface area contributed by atoms with E-state index in [1.54, 1.807) is 10.9 Å². The van der Waals surface area contributed by atoms with E-state index in [1.807, 2.05) is 38.1 Å². The topological polar surface area (TPSA) is 72.9 Å². The third kappa shape index (κ3) is 3.51. The van der Waals surface area contributed by atoms with Crippen LogP contribution in [-0.4, -0.2) is 28.3 Å². The zero-order chi connectivity index (χ0) is 15.4. The fourth-order valence-electron chi connectivity index (χ4n) is 2.07. The number of benzene rings is 1. The number of carbonyl (C=O) groups excluding carboxylic acids is 1. The SMILES string of the molecule is CCc1c(C(=O)N[C@@H](C)CN)cnn1-c1ccc(Br)cc1. The van der Waals surface area contributed by atoms with Gasteiger partial charge < -0.3 is 11.1 Å². The van der Waals surface area contributed by atoms with E-state index in [4.69, 9.17) is 5.73 Å². The molecule has 2 rings (SSSR count). The predicted molar refractivity (Wildman–Crippen MR) is 86.6 cm³/mol. The minimum absolute atomic E-state index is 0.0572. The molecule has 0 bridgehead atoms. The van der Waals surface area contributed by atoms with Crippen molar-refractivity contribution < 1.29 is 4.79 Å². The van der Waals surface area contributed by atoms with E-state index in [0.717, 1.165) is 22.3 Å². The lowest BCUT2D eigenvalue weighted by Gasteiger charge is -2.12. The molecule has 5 nitrogen and oxygen atoms in total. The van der Waals surface area contributed by atoms with Crippen LogP contribution in [0.1, 0.15) is 29.9 Å². The number of aromatic nitrogens is 2. The highest BCUT2D eigenvalue weighted by Gasteiger charge is 2.18. The Kier molecular flexibility index (Phi) is 5.14. The summed E-state index contributed by atoms with van der Waals surface area (Å²) in [6.45, 7) is 4.30. The van der Waals surface area contributed by atoms with Gasteiger partial charge in [0.1, 0.15) is 0 Å². The highest BCUT2D eigenvalue weighted by molar-refractivity contribution is 9.10. The van der Waals surface area contributed by atoms with Crippen LogP contribution in [0.25, 0.3) is 5.69 Å². The van der Waals surface area contributed by atoms with Gasteiger partial charge in [0.15, 0.2) is 0 Å². The van der Waals surface area contributed by atoms with Gasteiger partial charge in [0, 0.05) is 17.1 Å². The van der Waals surface area contributed by atoms with Gasteiger partial charge in [-0.1, -0.05) is 22.9 Å². The Hall–Kier alpha value is -1.66. The largest absolute Gasteiger partial charge is 0.348 e. The summed E-state index contributed by atoms with van der Waals surface area (Å²) in [6, 6.07) is 7.76. The second-order valence-corrected chi connectivity index (χ2v) is 5.77. The number of amides is 1. The molecular formula is C15H19BrN4O. The maximum absolute atomic E-state index is 12.3. The second-order valence-electron chi connectivity index (χ2n) is 4.86. The summed E-state index contributed by atoms with van der Waals surface area (Å²) in [5.74, 6) is -0.131. The normalized spacial score (nSPS) is 12.2. The van der Waals surface area contributed by atoms with Crippen molar-refractivity contribution in [3.8, 4) is 5.69 Å². The molecule has 0 radical (unpaired) electrons. The summed E-state index contributed by atoms with van der Waals surface area (Å²) in [4.78, 5) is 12.3. The summed E-state index contributed by atoms with van der Waals surface area (Å²) in [7, 11) is 0. The van der Waals surface area contributed by atoms with Crippen LogP contribution in [0.15, 0.2) is 34.9 Å². The molecular weight excluding hydrogens is 332 g/mol. The van der Waals surface area contributed by atoms with Crippen LogP contribution in [-0.2, 0) is 6.42 Å². The molecule has 21 heavy (non-hydrogen) atoms. The highest BCUT2D eigenvalue weighted by atomic mass is 79.9. The maximum Gasteiger partial charge on any atom is 0.255 e. The third-order valence-electron chi connectivity index (χ3n) is 3.25. The van der Waals surface area contributed by atoms with Crippen molar-refractivity contribution in [1.29, 1.82) is 0 Å². The summed E-state index contributed by atoms with van der Waals surface area (Å²) < 4.78 is 2.81. The zero-order valence-electron chi connectivity index (χ0n) is 12.1. The van der Waals surface area contributed by atoms with Crippen LogP contribution in [0.2, 0.25) is 0 Å². The number of nitrogens with zero attached hydrogens (tertiary/aromatic N) is 2. The lowest BCUT2D eigenvalue weighted by molar-refractivity contribution is 0.0940. The number of hydrogen-bond donors (Lipinski definition) is 2. The molecule has 2 aromatic rings. The fourth-order valence-corrected chi connectivity index (χ4v) is 2.33. The van der Waals surface area contributed by atoms with Gasteiger partial charge >= 0.3 is 0 Å². The molecule has 0 aliphatic heterocycles. The third-order valence-corrected chi connectivity index (χ3v) is 3.78. The lowest BCUT2D eigenvalue weighted by Crippen LogP contribution is -2.38. The van der Waals surface area contributed by atoms with Crippen LogP contribution in [0, 0.1) is 0 Å². The van der Waals surface area contributed by atoms with Gasteiger partial charge in [-0.3, -0.25) is 4.79 Å². The molecule has 0 aliphatic rings. The second kappa shape index (κ2) is 6.87. The predicted octanol–water partition coefficient (Wildman–Crippen LogP) is 2.27. The monoisotopic (exact) mass is 350 g/mol. The summed E-state index contributed by atoms with van der Waals surface area (Å²) >= 11 is 3.41. The number of halogens is 1. The minimum Gasteiger partial charge on any atom is -0.348 e. The van der Waals surface area contributed by atoms with E-state index in [1.165, 1.54) is 0 Å². The molecule has 1 atom stereocenters. The van der Waals surface area contributed by atoms with Crippen LogP contribution in [0.3, 0.4) is 0 Å². The smallest absolute Gasteiger partial charge is 0.255 e. The Morgan fingerprint density at radius 1 is 1.43 bits per heavy atom. The summed E-state index contributed by atoms with van der Waals surface area (Å²) in [5, 5.41) is 7.22. The van der Waals surface area contributed by atoms with Gasteiger partial charge in [0.2, 0.25) is 0 Å². The molecule has 3 N–H and O–H groups in total. The maximum atomic E-state index is 12.3. The van der Waals surface area contributed by atoms with Gasteiger partial charge in [-0.15, -0.1) is 0 Å². The van der Waals surface area contributed by atoms with Crippen LogP contribution < -0.4 is 11.1 Å². The molecule has 0 saturated heterocycles. The number of rotatable bonds is 5. The van der Waals surface area contributed by atoms with Gasteiger partial charge in [0.05, 0.1) is 23.1 Å². The van der Waals surface area contributed by atoms with E-state index >= 15 is 0 Å². The van der Waals surface area contributed by atoms with Crippen LogP contribution in [0.5, 0.6) is 0 Å². The summed E-state index contributed by atoms with van der Waals surface area (Å²) in [6.07, 6.45) is 2.33. The van der Waals surface area contributed by atoms with E-state index in [0.29, 0.717) is 12.1 Å². The van der Waals surface area contributed by atoms with Crippen molar-refractivity contribution in [3.05, 3.63) is 46.2 Å². The van der Waals surface area contributed by atoms with E-state index in [-0.39, 0.29) is 11.9 Å². The zero-order valence-corrected chi connectivity index (χ0v) is 13.7. The first-order valence-electron chi connectivity index (χ1n) is 6.90. The van der Waals surface area contributed by atoms with Crippen molar-refractivity contribution in [3.63, 3.8) is 0 Å². The molecule has 1 amide bonds. The van der Waals surface area contributed by atoms with E-state index in [2.05, 4.69) is 26.3 Å². The highest BCUT2D eigenvalue weighted by Crippen LogP contribution is 2.18. The molecule has 1 heterocycles. The quantitative estimate of drug-likeness (QED) is 0.868. The van der Waals surface area contributed by atoms with Crippen LogP contribution in [0.4, 0.5) is 0 Å².